The highest BCUT2D eigenvalue weighted by Crippen LogP contribution is 2.36. The molecule has 26 heavy (non-hydrogen) atoms. The van der Waals surface area contributed by atoms with Gasteiger partial charge in [0.2, 0.25) is 0 Å². The van der Waals surface area contributed by atoms with E-state index in [1.54, 1.807) is 0 Å². The summed E-state index contributed by atoms with van der Waals surface area (Å²) in [6.07, 6.45) is 7.39. The van der Waals surface area contributed by atoms with Gasteiger partial charge < -0.3 is 10.6 Å². The molecule has 2 N–H and O–H groups in total. The van der Waals surface area contributed by atoms with E-state index in [0.717, 1.165) is 17.8 Å². The van der Waals surface area contributed by atoms with Crippen molar-refractivity contribution in [2.45, 2.75) is 12.0 Å². The van der Waals surface area contributed by atoms with Crippen LogP contribution in [0.1, 0.15) is 12.0 Å². The number of para-hydroxylation sites is 2. The molecule has 1 aliphatic rings. The highest BCUT2D eigenvalue weighted by Gasteiger charge is 2.32. The van der Waals surface area contributed by atoms with Gasteiger partial charge in [0.1, 0.15) is 0 Å². The first kappa shape index (κ1) is 16.2. The van der Waals surface area contributed by atoms with Crippen molar-refractivity contribution in [2.75, 3.05) is 10.6 Å². The minimum atomic E-state index is -0.283. The van der Waals surface area contributed by atoms with E-state index in [0.29, 0.717) is 0 Å². The zero-order valence-corrected chi connectivity index (χ0v) is 14.6. The highest BCUT2D eigenvalue weighted by atomic mass is 15.0. The third-order valence-electron chi connectivity index (χ3n) is 4.66. The van der Waals surface area contributed by atoms with Crippen molar-refractivity contribution < 1.29 is 0 Å². The zero-order valence-electron chi connectivity index (χ0n) is 14.6. The summed E-state index contributed by atoms with van der Waals surface area (Å²) in [5.74, 6) is 0. The second-order valence-electron chi connectivity index (χ2n) is 6.55. The van der Waals surface area contributed by atoms with Crippen LogP contribution in [0.25, 0.3) is 0 Å². The first-order valence-electron chi connectivity index (χ1n) is 8.93. The predicted molar refractivity (Wildman–Crippen MR) is 110 cm³/mol. The lowest BCUT2D eigenvalue weighted by atomic mass is 9.82. The molecule has 1 unspecified atom stereocenters. The Bertz CT molecular complexity index is 899. The second-order valence-corrected chi connectivity index (χ2v) is 6.55. The van der Waals surface area contributed by atoms with Crippen LogP contribution in [0.5, 0.6) is 0 Å². The summed E-state index contributed by atoms with van der Waals surface area (Å²) in [5, 5.41) is 7.32. The minimum absolute atomic E-state index is 0.283. The van der Waals surface area contributed by atoms with E-state index in [2.05, 4.69) is 95.6 Å². The summed E-state index contributed by atoms with van der Waals surface area (Å²) in [6.45, 7) is 0. The first-order chi connectivity index (χ1) is 12.8. The Labute approximate surface area is 154 Å². The fraction of sp³-hybridized carbons (Fsp3) is 0.0833. The van der Waals surface area contributed by atoms with Crippen molar-refractivity contribution in [3.05, 3.63) is 120 Å². The van der Waals surface area contributed by atoms with Crippen LogP contribution < -0.4 is 10.6 Å². The molecule has 0 heterocycles. The van der Waals surface area contributed by atoms with Crippen molar-refractivity contribution in [3.63, 3.8) is 0 Å². The third-order valence-corrected chi connectivity index (χ3v) is 4.66. The first-order valence-corrected chi connectivity index (χ1v) is 8.93. The van der Waals surface area contributed by atoms with Gasteiger partial charge in [-0.2, -0.15) is 0 Å². The molecule has 0 saturated heterocycles. The number of anilines is 2. The highest BCUT2D eigenvalue weighted by molar-refractivity contribution is 5.55. The average molecular weight is 338 g/mol. The lowest BCUT2D eigenvalue weighted by molar-refractivity contribution is 0.600. The van der Waals surface area contributed by atoms with Gasteiger partial charge in [0, 0.05) is 23.5 Å². The van der Waals surface area contributed by atoms with E-state index < -0.39 is 0 Å². The van der Waals surface area contributed by atoms with Crippen molar-refractivity contribution >= 4 is 11.4 Å². The Morgan fingerprint density at radius 2 is 1.23 bits per heavy atom. The van der Waals surface area contributed by atoms with Gasteiger partial charge in [0.15, 0.2) is 0 Å². The second kappa shape index (κ2) is 7.32. The molecule has 0 aromatic heterocycles. The average Bonchev–Trinajstić information content (AvgIpc) is 2.70. The lowest BCUT2D eigenvalue weighted by Crippen LogP contribution is -2.36. The molecule has 0 fully saturated rings. The number of hydrogen-bond donors (Lipinski definition) is 2. The van der Waals surface area contributed by atoms with E-state index in [1.165, 1.54) is 11.3 Å². The fourth-order valence-electron chi connectivity index (χ4n) is 3.41. The molecule has 1 atom stereocenters. The molecule has 2 nitrogen and oxygen atoms in total. The number of hydrogen-bond acceptors (Lipinski definition) is 2. The molecule has 0 bridgehead atoms. The molecule has 1 aliphatic carbocycles. The van der Waals surface area contributed by atoms with Crippen LogP contribution in [0.2, 0.25) is 0 Å². The summed E-state index contributed by atoms with van der Waals surface area (Å²) in [7, 11) is 0. The van der Waals surface area contributed by atoms with Crippen molar-refractivity contribution in [2.24, 2.45) is 0 Å². The summed E-state index contributed by atoms with van der Waals surface area (Å²) in [5.41, 5.74) is 4.37. The Hall–Kier alpha value is -3.26. The van der Waals surface area contributed by atoms with Crippen LogP contribution in [0.15, 0.2) is 115 Å². The van der Waals surface area contributed by atoms with Gasteiger partial charge in [-0.05, 0) is 35.9 Å². The van der Waals surface area contributed by atoms with Gasteiger partial charge in [-0.3, -0.25) is 0 Å². The third kappa shape index (κ3) is 3.55. The van der Waals surface area contributed by atoms with Crippen molar-refractivity contribution in [3.8, 4) is 0 Å². The molecule has 3 aromatic rings. The van der Waals surface area contributed by atoms with Crippen LogP contribution in [0.3, 0.4) is 0 Å². The van der Waals surface area contributed by atoms with Crippen molar-refractivity contribution in [1.82, 2.24) is 0 Å². The molecule has 0 aliphatic heterocycles. The molecule has 128 valence electrons. The Morgan fingerprint density at radius 1 is 0.654 bits per heavy atom. The maximum atomic E-state index is 3.76. The molecular formula is C24H22N2. The lowest BCUT2D eigenvalue weighted by Gasteiger charge is -2.36. The van der Waals surface area contributed by atoms with Gasteiger partial charge >= 0.3 is 0 Å². The van der Waals surface area contributed by atoms with Crippen molar-refractivity contribution in [1.29, 1.82) is 0 Å². The minimum Gasteiger partial charge on any atom is -0.372 e. The number of allylic oxidation sites excluding steroid dienone is 2. The summed E-state index contributed by atoms with van der Waals surface area (Å²) >= 11 is 0. The maximum absolute atomic E-state index is 3.76. The monoisotopic (exact) mass is 338 g/mol. The van der Waals surface area contributed by atoms with E-state index >= 15 is 0 Å². The number of rotatable bonds is 5. The predicted octanol–water partition coefficient (Wildman–Crippen LogP) is 5.95. The van der Waals surface area contributed by atoms with Crippen LogP contribution in [0.4, 0.5) is 11.4 Å². The van der Waals surface area contributed by atoms with Crippen LogP contribution >= 0.6 is 0 Å². The van der Waals surface area contributed by atoms with Gasteiger partial charge in [-0.15, -0.1) is 0 Å². The number of benzene rings is 3. The molecule has 0 saturated carbocycles. The van der Waals surface area contributed by atoms with Crippen LogP contribution in [-0.2, 0) is 5.54 Å². The normalized spacial score (nSPS) is 18.8. The molecule has 2 heteroatoms. The summed E-state index contributed by atoms with van der Waals surface area (Å²) in [6, 6.07) is 31.3. The summed E-state index contributed by atoms with van der Waals surface area (Å²) < 4.78 is 0. The molecule has 3 aromatic carbocycles. The van der Waals surface area contributed by atoms with Gasteiger partial charge in [-0.25, -0.2) is 0 Å². The Kier molecular flexibility index (Phi) is 4.57. The molecular weight excluding hydrogens is 316 g/mol. The van der Waals surface area contributed by atoms with Gasteiger partial charge in [0.05, 0.1) is 5.54 Å². The van der Waals surface area contributed by atoms with E-state index in [4.69, 9.17) is 0 Å². The number of nitrogens with one attached hydrogen (secondary N) is 2. The topological polar surface area (TPSA) is 24.1 Å². The van der Waals surface area contributed by atoms with Gasteiger partial charge in [0.25, 0.3) is 0 Å². The summed E-state index contributed by atoms with van der Waals surface area (Å²) in [4.78, 5) is 0. The Morgan fingerprint density at radius 3 is 1.88 bits per heavy atom. The smallest absolute Gasteiger partial charge is 0.0867 e. The largest absolute Gasteiger partial charge is 0.372 e. The van der Waals surface area contributed by atoms with Crippen LogP contribution in [0, 0.1) is 0 Å². The van der Waals surface area contributed by atoms with E-state index in [-0.39, 0.29) is 5.54 Å². The Balaban J connectivity index is 1.66. The van der Waals surface area contributed by atoms with E-state index in [1.807, 2.05) is 24.3 Å². The molecule has 4 rings (SSSR count). The van der Waals surface area contributed by atoms with Crippen LogP contribution in [-0.4, -0.2) is 0 Å². The van der Waals surface area contributed by atoms with E-state index in [9.17, 15) is 0 Å². The fourth-order valence-corrected chi connectivity index (χ4v) is 3.41. The SMILES string of the molecule is C1=CC(Nc2ccccc2)(c2ccccc2)CC(Nc2ccccc2)=C1. The zero-order chi connectivity index (χ0) is 17.7. The molecule has 0 spiro atoms. The van der Waals surface area contributed by atoms with Gasteiger partial charge in [-0.1, -0.05) is 78.9 Å². The standard InChI is InChI=1S/C24H22N2/c1-4-11-20(12-5-1)24(26-22-15-8-3-9-16-22)18-10-17-23(19-24)25-21-13-6-2-7-14-21/h1-18,25-26H,19H2. The molecule has 0 amide bonds. The quantitative estimate of drug-likeness (QED) is 0.600. The molecule has 0 radical (unpaired) electrons. The maximum Gasteiger partial charge on any atom is 0.0867 e.